The minimum atomic E-state index is -1.13. The van der Waals surface area contributed by atoms with Gasteiger partial charge in [0.1, 0.15) is 11.9 Å². The summed E-state index contributed by atoms with van der Waals surface area (Å²) in [5.41, 5.74) is 1.37. The predicted octanol–water partition coefficient (Wildman–Crippen LogP) is 6.02. The number of methoxy groups -OCH3 is 1. The van der Waals surface area contributed by atoms with Crippen LogP contribution in [0.4, 0.5) is 4.39 Å². The molecular formula is C28H34FN3O3S. The molecule has 1 saturated heterocycles. The number of pyridine rings is 2. The van der Waals surface area contributed by atoms with Crippen LogP contribution in [-0.4, -0.2) is 58.4 Å². The molecule has 6 nitrogen and oxygen atoms in total. The fourth-order valence-electron chi connectivity index (χ4n) is 5.17. The molecule has 36 heavy (non-hydrogen) atoms. The first-order valence-electron chi connectivity index (χ1n) is 12.6. The van der Waals surface area contributed by atoms with Crippen LogP contribution in [0, 0.1) is 11.8 Å². The Balaban J connectivity index is 1.31. The zero-order valence-corrected chi connectivity index (χ0v) is 21.5. The van der Waals surface area contributed by atoms with Gasteiger partial charge in [-0.2, -0.15) is 0 Å². The molecule has 0 amide bonds. The third-order valence-electron chi connectivity index (χ3n) is 7.04. The number of ether oxygens (including phenoxy) is 1. The van der Waals surface area contributed by atoms with Gasteiger partial charge in [0.05, 0.1) is 12.6 Å². The van der Waals surface area contributed by atoms with Crippen molar-refractivity contribution in [1.82, 2.24) is 14.9 Å². The lowest BCUT2D eigenvalue weighted by Gasteiger charge is -2.38. The summed E-state index contributed by atoms with van der Waals surface area (Å²) in [5, 5.41) is 10.3. The van der Waals surface area contributed by atoms with Gasteiger partial charge in [0.2, 0.25) is 0 Å². The number of rotatable bonds is 12. The molecular weight excluding hydrogens is 477 g/mol. The van der Waals surface area contributed by atoms with E-state index in [4.69, 9.17) is 4.74 Å². The Morgan fingerprint density at radius 1 is 1.28 bits per heavy atom. The SMILES string of the molecule is COc1ccc2nccc([C@H](F)CC[C@@H]3CCN(CCCSc4cccnc4)C[C@@H]3CC(=O)O)c2c1. The summed E-state index contributed by atoms with van der Waals surface area (Å²) in [4.78, 5) is 23.6. The van der Waals surface area contributed by atoms with Crippen molar-refractivity contribution in [2.24, 2.45) is 11.8 Å². The lowest BCUT2D eigenvalue weighted by atomic mass is 9.79. The molecule has 1 N–H and O–H groups in total. The summed E-state index contributed by atoms with van der Waals surface area (Å²) in [6, 6.07) is 11.3. The van der Waals surface area contributed by atoms with Crippen LogP contribution < -0.4 is 4.74 Å². The van der Waals surface area contributed by atoms with E-state index < -0.39 is 12.1 Å². The smallest absolute Gasteiger partial charge is 0.303 e. The highest BCUT2D eigenvalue weighted by molar-refractivity contribution is 7.99. The maximum Gasteiger partial charge on any atom is 0.303 e. The molecule has 0 saturated carbocycles. The highest BCUT2D eigenvalue weighted by atomic mass is 32.2. The van der Waals surface area contributed by atoms with Crippen molar-refractivity contribution in [3.63, 3.8) is 0 Å². The third kappa shape index (κ3) is 7.17. The highest BCUT2D eigenvalue weighted by Gasteiger charge is 2.31. The van der Waals surface area contributed by atoms with Gasteiger partial charge < -0.3 is 14.7 Å². The van der Waals surface area contributed by atoms with E-state index in [1.807, 2.05) is 30.5 Å². The first kappa shape index (κ1) is 26.4. The summed E-state index contributed by atoms with van der Waals surface area (Å²) >= 11 is 1.80. The second kappa shape index (κ2) is 13.0. The third-order valence-corrected chi connectivity index (χ3v) is 8.11. The fraction of sp³-hybridized carbons (Fsp3) is 0.464. The Labute approximate surface area is 216 Å². The number of aromatic nitrogens is 2. The van der Waals surface area contributed by atoms with Crippen LogP contribution >= 0.6 is 11.8 Å². The van der Waals surface area contributed by atoms with Gasteiger partial charge in [-0.1, -0.05) is 0 Å². The van der Waals surface area contributed by atoms with Gasteiger partial charge in [0.25, 0.3) is 0 Å². The summed E-state index contributed by atoms with van der Waals surface area (Å²) in [6.45, 7) is 2.65. The zero-order chi connectivity index (χ0) is 25.3. The standard InChI is InChI=1S/C28H34FN3O3S/c1-35-22-6-8-27-25(17-22)24(9-12-31-27)26(29)7-5-20-10-14-32(19-21(20)16-28(33)34)13-3-15-36-23-4-2-11-30-18-23/h2,4,6,8-9,11-12,17-18,20-21,26H,3,5,7,10,13-16,19H2,1H3,(H,33,34)/t20-,21+,26-/m1/s1. The number of alkyl halides is 1. The average Bonchev–Trinajstić information content (AvgIpc) is 2.90. The molecule has 0 radical (unpaired) electrons. The quantitative estimate of drug-likeness (QED) is 0.235. The molecule has 3 atom stereocenters. The molecule has 192 valence electrons. The number of carbonyl (C=O) groups is 1. The minimum absolute atomic E-state index is 0.0451. The Morgan fingerprint density at radius 2 is 2.17 bits per heavy atom. The summed E-state index contributed by atoms with van der Waals surface area (Å²) in [5.74, 6) is 1.16. The van der Waals surface area contributed by atoms with E-state index in [1.165, 1.54) is 4.90 Å². The summed E-state index contributed by atoms with van der Waals surface area (Å²) < 4.78 is 20.8. The number of hydrogen-bond acceptors (Lipinski definition) is 6. The molecule has 3 heterocycles. The Bertz CT molecular complexity index is 1130. The Kier molecular flexibility index (Phi) is 9.53. The van der Waals surface area contributed by atoms with Crippen LogP contribution in [0.15, 0.2) is 59.9 Å². The topological polar surface area (TPSA) is 75.5 Å². The average molecular weight is 512 g/mol. The molecule has 2 aromatic heterocycles. The van der Waals surface area contributed by atoms with E-state index in [0.29, 0.717) is 24.2 Å². The maximum absolute atomic E-state index is 15.5. The van der Waals surface area contributed by atoms with Gasteiger partial charge in [-0.25, -0.2) is 4.39 Å². The first-order valence-corrected chi connectivity index (χ1v) is 13.6. The normalized spacial score (nSPS) is 19.3. The van der Waals surface area contributed by atoms with Gasteiger partial charge in [-0.05, 0) is 98.3 Å². The number of carboxylic acid groups (broad SMARTS) is 1. The number of aliphatic carboxylic acids is 1. The monoisotopic (exact) mass is 511 g/mol. The summed E-state index contributed by atoms with van der Waals surface area (Å²) in [7, 11) is 1.60. The van der Waals surface area contributed by atoms with E-state index in [1.54, 1.807) is 37.3 Å². The molecule has 1 aromatic carbocycles. The van der Waals surface area contributed by atoms with Gasteiger partial charge in [-0.3, -0.25) is 14.8 Å². The predicted molar refractivity (Wildman–Crippen MR) is 141 cm³/mol. The first-order chi connectivity index (χ1) is 17.5. The largest absolute Gasteiger partial charge is 0.497 e. The minimum Gasteiger partial charge on any atom is -0.497 e. The number of benzene rings is 1. The van der Waals surface area contributed by atoms with Crippen molar-refractivity contribution in [1.29, 1.82) is 0 Å². The second-order valence-corrected chi connectivity index (χ2v) is 10.6. The molecule has 4 rings (SSSR count). The van der Waals surface area contributed by atoms with Gasteiger partial charge in [-0.15, -0.1) is 11.8 Å². The second-order valence-electron chi connectivity index (χ2n) is 9.43. The molecule has 0 bridgehead atoms. The van der Waals surface area contributed by atoms with E-state index in [2.05, 4.69) is 20.9 Å². The van der Waals surface area contributed by atoms with E-state index >= 15 is 4.39 Å². The molecule has 0 unspecified atom stereocenters. The van der Waals surface area contributed by atoms with Crippen LogP contribution in [0.3, 0.4) is 0 Å². The highest BCUT2D eigenvalue weighted by Crippen LogP contribution is 2.36. The number of fused-ring (bicyclic) bond motifs is 1. The van der Waals surface area contributed by atoms with Crippen LogP contribution in [0.5, 0.6) is 5.75 Å². The summed E-state index contributed by atoms with van der Waals surface area (Å²) in [6.07, 6.45) is 7.31. The van der Waals surface area contributed by atoms with Gasteiger partial charge in [0, 0.05) is 41.8 Å². The maximum atomic E-state index is 15.5. The molecule has 1 fully saturated rings. The van der Waals surface area contributed by atoms with Gasteiger partial charge >= 0.3 is 5.97 Å². The number of likely N-dealkylation sites (tertiary alicyclic amines) is 1. The molecule has 0 aliphatic carbocycles. The lowest BCUT2D eigenvalue weighted by molar-refractivity contribution is -0.139. The number of piperidine rings is 1. The molecule has 0 spiro atoms. The lowest BCUT2D eigenvalue weighted by Crippen LogP contribution is -2.42. The fourth-order valence-corrected chi connectivity index (χ4v) is 5.99. The van der Waals surface area contributed by atoms with Crippen LogP contribution in [-0.2, 0) is 4.79 Å². The van der Waals surface area contributed by atoms with E-state index in [-0.39, 0.29) is 18.3 Å². The number of halogens is 1. The van der Waals surface area contributed by atoms with Crippen molar-refractivity contribution in [3.05, 3.63) is 60.6 Å². The van der Waals surface area contributed by atoms with Crippen molar-refractivity contribution >= 4 is 28.6 Å². The molecule has 8 heteroatoms. The Hall–Kier alpha value is -2.71. The van der Waals surface area contributed by atoms with Gasteiger partial charge in [0.15, 0.2) is 0 Å². The number of thioether (sulfide) groups is 1. The molecule has 3 aromatic rings. The number of nitrogens with zero attached hydrogens (tertiary/aromatic N) is 3. The van der Waals surface area contributed by atoms with Crippen LogP contribution in [0.1, 0.15) is 43.8 Å². The van der Waals surface area contributed by atoms with E-state index in [0.717, 1.165) is 49.1 Å². The molecule has 1 aliphatic rings. The molecule has 1 aliphatic heterocycles. The number of hydrogen-bond donors (Lipinski definition) is 1. The number of carboxylic acids is 1. The van der Waals surface area contributed by atoms with E-state index in [9.17, 15) is 9.90 Å². The zero-order valence-electron chi connectivity index (χ0n) is 20.7. The Morgan fingerprint density at radius 3 is 2.94 bits per heavy atom. The van der Waals surface area contributed by atoms with Crippen molar-refractivity contribution in [2.45, 2.75) is 43.2 Å². The van der Waals surface area contributed by atoms with Crippen LogP contribution in [0.2, 0.25) is 0 Å². The van der Waals surface area contributed by atoms with Crippen molar-refractivity contribution in [3.8, 4) is 5.75 Å². The van der Waals surface area contributed by atoms with Crippen molar-refractivity contribution < 1.29 is 19.0 Å². The van der Waals surface area contributed by atoms with Crippen LogP contribution in [0.25, 0.3) is 10.9 Å². The van der Waals surface area contributed by atoms with Crippen molar-refractivity contribution in [2.75, 3.05) is 32.5 Å².